The molecule has 97 heavy (non-hydrogen) atoms. The molecule has 0 aliphatic carbocycles. The molecule has 25 nitrogen and oxygen atoms in total. The molecule has 498 valence electrons. The first-order chi connectivity index (χ1) is 46.3. The van der Waals surface area contributed by atoms with Crippen LogP contribution in [-0.2, 0) is 33.3 Å². The molecule has 0 saturated carbocycles. The summed E-state index contributed by atoms with van der Waals surface area (Å²) in [5, 5.41) is 25.0. The third-order valence-electron chi connectivity index (χ3n) is 13.1. The zero-order chi connectivity index (χ0) is 67.6. The van der Waals surface area contributed by atoms with Crippen LogP contribution in [0.25, 0.3) is 21.8 Å². The van der Waals surface area contributed by atoms with Gasteiger partial charge in [0.15, 0.2) is 47.7 Å². The molecule has 4 N–H and O–H groups in total. The normalized spacial score (nSPS) is 10.8. The Labute approximate surface area is 574 Å². The van der Waals surface area contributed by atoms with Crippen LogP contribution in [0.5, 0.6) is 34.8 Å². The Bertz CT molecular complexity index is 4210. The number of nitrogens with zero attached hydrogens (tertiary/aromatic N) is 6. The van der Waals surface area contributed by atoms with Crippen LogP contribution in [0.3, 0.4) is 0 Å². The van der Waals surface area contributed by atoms with Crippen molar-refractivity contribution in [3.8, 4) is 107 Å². The SMILES string of the molecule is C#Cc1cccc(Nc2ncnc3cc(OCCOC)c(OCCOCC#CC#CCOc4cc(C(C(=O)O)C(C)C)on4)cc23)c1.C#Cc1cccc(Nc2ncnc3cc(OCCOC)c(OCCOCC#CC#CCOc4cc(C(C(=O)OC)C(C)C)on4)cc23)c1.[Li+].[OH-]. The molecule has 4 aromatic heterocycles. The molecule has 0 spiro atoms. The largest absolute Gasteiger partial charge is 1.00 e. The van der Waals surface area contributed by atoms with Crippen LogP contribution in [0.2, 0.25) is 0 Å². The number of aliphatic carboxylic acids is 1. The van der Waals surface area contributed by atoms with E-state index in [1.54, 1.807) is 46.3 Å². The molecule has 0 fully saturated rings. The fourth-order valence-corrected chi connectivity index (χ4v) is 8.66. The minimum atomic E-state index is -0.988. The van der Waals surface area contributed by atoms with Crippen molar-refractivity contribution in [3.05, 3.63) is 120 Å². The zero-order valence-electron chi connectivity index (χ0n) is 54.9. The summed E-state index contributed by atoms with van der Waals surface area (Å²) in [4.78, 5) is 41.1. The van der Waals surface area contributed by atoms with E-state index in [1.165, 1.54) is 25.8 Å². The quantitative estimate of drug-likeness (QED) is 0.0181. The smallest absolute Gasteiger partial charge is 0.870 e. The van der Waals surface area contributed by atoms with Crippen molar-refractivity contribution < 1.29 is 100 Å². The van der Waals surface area contributed by atoms with Crippen molar-refractivity contribution in [2.45, 2.75) is 39.5 Å². The van der Waals surface area contributed by atoms with Crippen LogP contribution in [0.4, 0.5) is 23.0 Å². The van der Waals surface area contributed by atoms with E-state index in [9.17, 15) is 14.7 Å². The van der Waals surface area contributed by atoms with Crippen LogP contribution in [0.1, 0.15) is 62.2 Å². The molecule has 2 atom stereocenters. The molecule has 0 aliphatic rings. The van der Waals surface area contributed by atoms with Gasteiger partial charge < -0.3 is 82.4 Å². The van der Waals surface area contributed by atoms with Crippen molar-refractivity contribution in [2.75, 3.05) is 111 Å². The zero-order valence-corrected chi connectivity index (χ0v) is 54.9. The Morgan fingerprint density at radius 3 is 1.31 bits per heavy atom. The Kier molecular flexibility index (Phi) is 33.0. The fourth-order valence-electron chi connectivity index (χ4n) is 8.66. The number of carbonyl (C=O) groups is 2. The van der Waals surface area contributed by atoms with Crippen molar-refractivity contribution in [3.63, 3.8) is 0 Å². The second-order valence-electron chi connectivity index (χ2n) is 20.5. The van der Waals surface area contributed by atoms with Gasteiger partial charge in [-0.15, -0.1) is 12.8 Å². The number of anilines is 4. The number of rotatable bonds is 32. The van der Waals surface area contributed by atoms with Gasteiger partial charge in [-0.2, -0.15) is 0 Å². The molecule has 8 aromatic rings. The van der Waals surface area contributed by atoms with E-state index in [2.05, 4.69) is 100 Å². The van der Waals surface area contributed by atoms with Crippen molar-refractivity contribution >= 4 is 56.8 Å². The number of aromatic nitrogens is 6. The summed E-state index contributed by atoms with van der Waals surface area (Å²) in [5.74, 6) is 28.3. The Hall–Kier alpha value is -10.9. The molecule has 4 aromatic carbocycles. The van der Waals surface area contributed by atoms with Gasteiger partial charge in [0.2, 0.25) is 0 Å². The summed E-state index contributed by atoms with van der Waals surface area (Å²) in [5.41, 5.74) is 4.41. The fraction of sp³-hybridized carbons (Fsp3) is 0.324. The number of fused-ring (bicyclic) bond motifs is 2. The van der Waals surface area contributed by atoms with Crippen LogP contribution in [0.15, 0.2) is 107 Å². The summed E-state index contributed by atoms with van der Waals surface area (Å²) in [7, 11) is 4.53. The molecule has 0 radical (unpaired) electrons. The monoisotopic (exact) mass is 1310 g/mol. The first-order valence-electron chi connectivity index (χ1n) is 29.6. The molecule has 8 rings (SSSR count). The van der Waals surface area contributed by atoms with E-state index >= 15 is 0 Å². The van der Waals surface area contributed by atoms with Gasteiger partial charge in [0, 0.05) is 71.8 Å². The molecule has 0 aliphatic heterocycles. The van der Waals surface area contributed by atoms with Crippen LogP contribution >= 0.6 is 0 Å². The summed E-state index contributed by atoms with van der Waals surface area (Å²) >= 11 is 0. The van der Waals surface area contributed by atoms with Gasteiger partial charge in [-0.05, 0) is 106 Å². The van der Waals surface area contributed by atoms with Crippen molar-refractivity contribution in [1.29, 1.82) is 0 Å². The standard InChI is InChI=1S/C36H36N4O8.C35H34N4O8.Li.H2O/c1-6-26-12-11-13-27(20-26)39-35-28-21-30(31(45-18-16-42-4)22-29(28)37-24-38-35)46-19-17-44-14-9-7-8-10-15-47-33-23-32(48-40-33)34(25(2)3)36(41)43-5;1-5-25-11-10-12-26(19-25)38-34-27-20-29(30(44-17-15-42-4)21-28(27)36-23-37-34)45-18-16-43-13-8-6-7-9-14-46-32-22-31(47-39-32)33(24(2)3)35(40)41;;/h1,11-13,20-25,34H,14-19H2,2-5H3,(H,37,38,39);1,10-12,19-24,33H,13-18H2,2-4H3,(H,40,41)(H,36,37,38);;1H2/q;;+1;/p-1. The number of esters is 1. The van der Waals surface area contributed by atoms with E-state index < -0.39 is 23.8 Å². The van der Waals surface area contributed by atoms with Crippen LogP contribution in [0, 0.1) is 83.9 Å². The number of hydrogen-bond acceptors (Lipinski definition) is 24. The third-order valence-corrected chi connectivity index (χ3v) is 13.1. The first-order valence-corrected chi connectivity index (χ1v) is 29.6. The molecule has 0 bridgehead atoms. The number of carbonyl (C=O) groups excluding carboxylic acids is 1. The minimum absolute atomic E-state index is 0. The maximum absolute atomic E-state index is 12.0. The number of methoxy groups -OCH3 is 3. The summed E-state index contributed by atoms with van der Waals surface area (Å²) in [6.45, 7) is 10.2. The van der Waals surface area contributed by atoms with Crippen LogP contribution < -0.4 is 57.9 Å². The van der Waals surface area contributed by atoms with Crippen molar-refractivity contribution in [2.24, 2.45) is 11.8 Å². The van der Waals surface area contributed by atoms with E-state index in [1.807, 2.05) is 74.5 Å². The first kappa shape index (κ1) is 76.8. The molecule has 2 unspecified atom stereocenters. The molecular weight excluding hydrogens is 1240 g/mol. The average Bonchev–Trinajstić information content (AvgIpc) is 1.72. The molecular formula is C71H71LiN8O17. The van der Waals surface area contributed by atoms with Gasteiger partial charge >= 0.3 is 30.8 Å². The second-order valence-corrected chi connectivity index (χ2v) is 20.5. The van der Waals surface area contributed by atoms with Gasteiger partial charge in [0.05, 0.1) is 44.6 Å². The number of hydrogen-bond donors (Lipinski definition) is 3. The second kappa shape index (κ2) is 41.7. The number of terminal acetylenes is 2. The Morgan fingerprint density at radius 1 is 0.515 bits per heavy atom. The number of carboxylic acids is 1. The summed E-state index contributed by atoms with van der Waals surface area (Å²) in [6, 6.07) is 25.2. The van der Waals surface area contributed by atoms with E-state index in [-0.39, 0.29) is 107 Å². The van der Waals surface area contributed by atoms with E-state index in [4.69, 9.17) is 74.0 Å². The van der Waals surface area contributed by atoms with Crippen molar-refractivity contribution in [1.82, 2.24) is 30.2 Å². The number of carboxylic acid groups (broad SMARTS) is 1. The van der Waals surface area contributed by atoms with Gasteiger partial charge in [-0.3, -0.25) is 9.59 Å². The predicted molar refractivity (Wildman–Crippen MR) is 354 cm³/mol. The molecule has 26 heteroatoms. The van der Waals surface area contributed by atoms with Gasteiger partial charge in [0.25, 0.3) is 11.8 Å². The van der Waals surface area contributed by atoms with Gasteiger partial charge in [-0.1, -0.05) is 63.5 Å². The Morgan fingerprint density at radius 2 is 0.918 bits per heavy atom. The third kappa shape index (κ3) is 24.4. The van der Waals surface area contributed by atoms with E-state index in [0.717, 1.165) is 33.3 Å². The molecule has 0 amide bonds. The van der Waals surface area contributed by atoms with Gasteiger partial charge in [0.1, 0.15) is 75.8 Å². The maximum atomic E-state index is 12.0. The minimum Gasteiger partial charge on any atom is -0.870 e. The summed E-state index contributed by atoms with van der Waals surface area (Å²) in [6.07, 6.45) is 14.1. The number of nitrogens with one attached hydrogen (secondary N) is 2. The number of ether oxygens (including phenoxy) is 11. The molecule has 4 heterocycles. The van der Waals surface area contributed by atoms with Crippen LogP contribution in [-0.4, -0.2) is 153 Å². The topological polar surface area (TPSA) is 314 Å². The Balaban J connectivity index is 0.000000344. The predicted octanol–water partition coefficient (Wildman–Crippen LogP) is 6.26. The maximum Gasteiger partial charge on any atom is 1.00 e. The van der Waals surface area contributed by atoms with Gasteiger partial charge in [-0.25, -0.2) is 19.9 Å². The average molecular weight is 1320 g/mol. The number of benzene rings is 4. The van der Waals surface area contributed by atoms with E-state index in [0.29, 0.717) is 77.9 Å². The summed E-state index contributed by atoms with van der Waals surface area (Å²) < 4.78 is 71.3. The molecule has 0 saturated heterocycles.